The third kappa shape index (κ3) is 7.02. The molecule has 0 aromatic heterocycles. The van der Waals surface area contributed by atoms with E-state index in [0.717, 1.165) is 5.56 Å². The van der Waals surface area contributed by atoms with Crippen molar-refractivity contribution in [3.63, 3.8) is 0 Å². The fourth-order valence-corrected chi connectivity index (χ4v) is 4.10. The van der Waals surface area contributed by atoms with E-state index >= 15 is 0 Å². The summed E-state index contributed by atoms with van der Waals surface area (Å²) in [4.78, 5) is 57.2. The molecule has 0 saturated heterocycles. The maximum Gasteiger partial charge on any atom is 0.475 e. The van der Waals surface area contributed by atoms with Gasteiger partial charge in [0.2, 0.25) is 24.5 Å². The molecule has 2 rings (SSSR count). The minimum atomic E-state index is -1.04. The van der Waals surface area contributed by atoms with Gasteiger partial charge in [-0.25, -0.2) is 10.4 Å². The van der Waals surface area contributed by atoms with Crippen LogP contribution >= 0.6 is 0 Å². The van der Waals surface area contributed by atoms with Gasteiger partial charge < -0.3 is 10.2 Å². The third-order valence-electron chi connectivity index (χ3n) is 5.91. The molecule has 0 radical (unpaired) electrons. The minimum absolute atomic E-state index is 0.0163. The zero-order chi connectivity index (χ0) is 24.4. The van der Waals surface area contributed by atoms with Crippen LogP contribution in [-0.4, -0.2) is 69.6 Å². The van der Waals surface area contributed by atoms with Crippen LogP contribution in [0.3, 0.4) is 0 Å². The summed E-state index contributed by atoms with van der Waals surface area (Å²) >= 11 is 0. The Hall–Kier alpha value is -3.44. The Labute approximate surface area is 191 Å². The molecular formula is C21H32N4O8+2. The average molecular weight is 469 g/mol. The lowest BCUT2D eigenvalue weighted by Crippen LogP contribution is -2.41. The van der Waals surface area contributed by atoms with Crippen LogP contribution in [0.2, 0.25) is 0 Å². The van der Waals surface area contributed by atoms with Gasteiger partial charge in [-0.15, -0.1) is 0 Å². The molecule has 0 spiro atoms. The summed E-state index contributed by atoms with van der Waals surface area (Å²) in [5.74, 6) is -0.188. The van der Waals surface area contributed by atoms with Crippen molar-refractivity contribution >= 4 is 11.8 Å². The van der Waals surface area contributed by atoms with Crippen LogP contribution in [0.4, 0.5) is 0 Å². The van der Waals surface area contributed by atoms with Gasteiger partial charge in [0.1, 0.15) is 9.81 Å². The predicted octanol–water partition coefficient (Wildman–Crippen LogP) is 1.67. The molecule has 182 valence electrons. The summed E-state index contributed by atoms with van der Waals surface area (Å²) in [5, 5.41) is 18.4. The van der Waals surface area contributed by atoms with E-state index in [9.17, 15) is 19.4 Å². The Bertz CT molecular complexity index is 833. The van der Waals surface area contributed by atoms with Gasteiger partial charge in [-0.05, 0) is 44.6 Å². The monoisotopic (exact) mass is 468 g/mol. The van der Waals surface area contributed by atoms with Gasteiger partial charge in [-0.3, -0.25) is 9.59 Å². The van der Waals surface area contributed by atoms with Crippen molar-refractivity contribution < 1.29 is 39.9 Å². The fraction of sp³-hybridized carbons (Fsp3) is 0.619. The summed E-state index contributed by atoms with van der Waals surface area (Å²) in [6.45, 7) is 4.98. The molecule has 3 atom stereocenters. The second kappa shape index (κ2) is 12.0. The maximum absolute atomic E-state index is 13.3. The average Bonchev–Trinajstić information content (AvgIpc) is 3.52. The van der Waals surface area contributed by atoms with Crippen molar-refractivity contribution in [2.24, 2.45) is 5.92 Å². The highest BCUT2D eigenvalue weighted by Crippen LogP contribution is 2.55. The van der Waals surface area contributed by atoms with Crippen LogP contribution in [0.25, 0.3) is 0 Å². The number of carbonyl (C=O) groups is 2. The predicted molar refractivity (Wildman–Crippen MR) is 113 cm³/mol. The zero-order valence-electron chi connectivity index (χ0n) is 18.9. The molecule has 0 bridgehead atoms. The molecule has 1 aromatic rings. The van der Waals surface area contributed by atoms with E-state index in [1.54, 1.807) is 0 Å². The molecule has 1 saturated carbocycles. The van der Waals surface area contributed by atoms with Crippen molar-refractivity contribution in [2.75, 3.05) is 26.2 Å². The van der Waals surface area contributed by atoms with Crippen LogP contribution in [0.15, 0.2) is 30.3 Å². The summed E-state index contributed by atoms with van der Waals surface area (Å²) < 4.78 is 0. The molecule has 2 amide bonds. The van der Waals surface area contributed by atoms with E-state index in [0.29, 0.717) is 26.1 Å². The molecular weight excluding hydrogens is 436 g/mol. The Kier molecular flexibility index (Phi) is 9.37. The topological polar surface area (TPSA) is 148 Å². The first-order valence-corrected chi connectivity index (χ1v) is 11.0. The number of rotatable bonds is 15. The summed E-state index contributed by atoms with van der Waals surface area (Å²) in [6, 6.07) is 9.60. The van der Waals surface area contributed by atoms with Gasteiger partial charge in [0.15, 0.2) is 0 Å². The SMILES string of the molecule is CCN(CC)C(=O)[C@]1(c2ccccc2)C[C@@H]1CNC(=O)CCC[C@@H](CO[N+](=O)O)O[N+](=O)O. The van der Waals surface area contributed by atoms with Gasteiger partial charge in [0.05, 0.1) is 5.41 Å². The van der Waals surface area contributed by atoms with E-state index in [1.165, 1.54) is 0 Å². The van der Waals surface area contributed by atoms with E-state index in [1.807, 2.05) is 49.1 Å². The Balaban J connectivity index is 1.89. The number of nitrogens with one attached hydrogen (secondary N) is 1. The van der Waals surface area contributed by atoms with Crippen molar-refractivity contribution in [1.29, 1.82) is 0 Å². The smallest absolute Gasteiger partial charge is 0.356 e. The first-order chi connectivity index (χ1) is 15.7. The van der Waals surface area contributed by atoms with E-state index < -0.39 is 28.3 Å². The molecule has 12 heteroatoms. The lowest BCUT2D eigenvalue weighted by atomic mass is 9.91. The zero-order valence-corrected chi connectivity index (χ0v) is 18.9. The molecule has 0 aliphatic heterocycles. The number of likely N-dealkylation sites (N-methyl/N-ethyl adjacent to an activating group) is 1. The molecule has 1 fully saturated rings. The number of amides is 2. The van der Waals surface area contributed by atoms with Gasteiger partial charge in [0.25, 0.3) is 0 Å². The minimum Gasteiger partial charge on any atom is -0.356 e. The van der Waals surface area contributed by atoms with Crippen molar-refractivity contribution in [3.05, 3.63) is 45.7 Å². The largest absolute Gasteiger partial charge is 0.475 e. The standard InChI is InChI=1S/C21H31N4O8/c1-3-23(4-2)20(27)21(16-9-6-5-7-10-16)13-17(21)14-22-19(26)12-8-11-18(33-25(30)31)15-32-24(28)29/h5-7,9-10,17-18H,3-4,8,11-15H2,1-2H3,(H2-,22,26,28,29,30,31)/q+1/p+1/t17-,18+,21+/m1/s1. The lowest BCUT2D eigenvalue weighted by Gasteiger charge is -2.26. The molecule has 3 N–H and O–H groups in total. The van der Waals surface area contributed by atoms with Crippen LogP contribution in [0.5, 0.6) is 0 Å². The normalized spacial score (nSPS) is 19.8. The molecule has 1 aromatic carbocycles. The highest BCUT2D eigenvalue weighted by Gasteiger charge is 2.61. The number of nitrogens with zero attached hydrogens (tertiary/aromatic N) is 3. The number of carbonyl (C=O) groups excluding carboxylic acids is 2. The molecule has 1 aliphatic carbocycles. The summed E-state index contributed by atoms with van der Waals surface area (Å²) in [6.07, 6.45) is 0.0929. The number of hydrogen-bond acceptors (Lipinski definition) is 6. The molecule has 12 nitrogen and oxygen atoms in total. The maximum atomic E-state index is 13.3. The quantitative estimate of drug-likeness (QED) is 0.329. The van der Waals surface area contributed by atoms with Crippen molar-refractivity contribution in [1.82, 2.24) is 10.2 Å². The van der Waals surface area contributed by atoms with E-state index in [-0.39, 0.29) is 37.0 Å². The fourth-order valence-electron chi connectivity index (χ4n) is 4.10. The van der Waals surface area contributed by atoms with Gasteiger partial charge in [0, 0.05) is 26.1 Å². The molecule has 1 aliphatic rings. The first kappa shape index (κ1) is 25.8. The molecule has 0 heterocycles. The lowest BCUT2D eigenvalue weighted by molar-refractivity contribution is -0.995. The summed E-state index contributed by atoms with van der Waals surface area (Å²) in [5.41, 5.74) is 0.313. The second-order valence-corrected chi connectivity index (χ2v) is 7.91. The number of benzene rings is 1. The van der Waals surface area contributed by atoms with Crippen molar-refractivity contribution in [3.8, 4) is 0 Å². The van der Waals surface area contributed by atoms with Crippen molar-refractivity contribution in [2.45, 2.75) is 51.0 Å². The van der Waals surface area contributed by atoms with Gasteiger partial charge in [-0.2, -0.15) is 9.68 Å². The van der Waals surface area contributed by atoms with Gasteiger partial charge >= 0.3 is 10.2 Å². The van der Waals surface area contributed by atoms with Crippen LogP contribution in [0, 0.1) is 15.7 Å². The Morgan fingerprint density at radius 2 is 1.85 bits per heavy atom. The van der Waals surface area contributed by atoms with Gasteiger partial charge in [-0.1, -0.05) is 30.3 Å². The number of hydrogen-bond donors (Lipinski definition) is 3. The first-order valence-electron chi connectivity index (χ1n) is 11.0. The Morgan fingerprint density at radius 1 is 1.18 bits per heavy atom. The second-order valence-electron chi connectivity index (χ2n) is 7.91. The van der Waals surface area contributed by atoms with E-state index in [4.69, 9.17) is 10.4 Å². The van der Waals surface area contributed by atoms with Crippen LogP contribution in [0.1, 0.15) is 45.1 Å². The Morgan fingerprint density at radius 3 is 2.42 bits per heavy atom. The molecule has 33 heavy (non-hydrogen) atoms. The highest BCUT2D eigenvalue weighted by atomic mass is 17.0. The third-order valence-corrected chi connectivity index (χ3v) is 5.91. The highest BCUT2D eigenvalue weighted by molar-refractivity contribution is 5.92. The van der Waals surface area contributed by atoms with Crippen LogP contribution < -0.4 is 5.32 Å². The van der Waals surface area contributed by atoms with Crippen LogP contribution in [-0.2, 0) is 24.7 Å². The van der Waals surface area contributed by atoms with E-state index in [2.05, 4.69) is 15.0 Å². The molecule has 0 unspecified atom stereocenters. The summed E-state index contributed by atoms with van der Waals surface area (Å²) in [7, 11) is 0.